The van der Waals surface area contributed by atoms with Crippen LogP contribution >= 0.6 is 24.0 Å². The molecule has 0 aromatic heterocycles. The van der Waals surface area contributed by atoms with Gasteiger partial charge in [-0.3, -0.25) is 9.69 Å². The number of hydrogen-bond acceptors (Lipinski definition) is 6. The van der Waals surface area contributed by atoms with E-state index in [1.165, 1.54) is 11.8 Å². The molecule has 2 aromatic carbocycles. The molecule has 0 aliphatic carbocycles. The van der Waals surface area contributed by atoms with Crippen molar-refractivity contribution in [3.05, 3.63) is 64.6 Å². The van der Waals surface area contributed by atoms with E-state index < -0.39 is 0 Å². The molecule has 1 heterocycles. The smallest absolute Gasteiger partial charge is 0.266 e. The van der Waals surface area contributed by atoms with Gasteiger partial charge >= 0.3 is 0 Å². The molecule has 7 heteroatoms. The Morgan fingerprint density at radius 1 is 1.11 bits per heavy atom. The van der Waals surface area contributed by atoms with Crippen LogP contribution in [0.15, 0.2) is 53.4 Å². The van der Waals surface area contributed by atoms with E-state index in [9.17, 15) is 4.79 Å². The van der Waals surface area contributed by atoms with Gasteiger partial charge in [0.2, 0.25) is 0 Å². The van der Waals surface area contributed by atoms with E-state index in [1.807, 2.05) is 54.6 Å². The fourth-order valence-corrected chi connectivity index (χ4v) is 3.96. The number of amides is 1. The predicted molar refractivity (Wildman–Crippen MR) is 116 cm³/mol. The predicted octanol–water partition coefficient (Wildman–Crippen LogP) is 4.12. The molecule has 1 aliphatic rings. The molecule has 1 amide bonds. The first-order valence-corrected chi connectivity index (χ1v) is 9.94. The van der Waals surface area contributed by atoms with E-state index in [2.05, 4.69) is 0 Å². The van der Waals surface area contributed by atoms with Crippen LogP contribution in [0.2, 0.25) is 0 Å². The first-order valence-electron chi connectivity index (χ1n) is 8.71. The van der Waals surface area contributed by atoms with Gasteiger partial charge in [-0.2, -0.15) is 0 Å². The molecule has 5 nitrogen and oxygen atoms in total. The van der Waals surface area contributed by atoms with E-state index in [0.717, 1.165) is 11.1 Å². The van der Waals surface area contributed by atoms with Gasteiger partial charge in [0, 0.05) is 7.11 Å². The molecule has 0 saturated carbocycles. The van der Waals surface area contributed by atoms with Gasteiger partial charge in [0.1, 0.15) is 10.9 Å². The highest BCUT2D eigenvalue weighted by molar-refractivity contribution is 8.26. The van der Waals surface area contributed by atoms with Crippen LogP contribution in [0.5, 0.6) is 11.5 Å². The number of ether oxygens (including phenoxy) is 3. The zero-order valence-corrected chi connectivity index (χ0v) is 17.3. The molecule has 2 aromatic rings. The number of nitrogens with zero attached hydrogens (tertiary/aromatic N) is 1. The van der Waals surface area contributed by atoms with Gasteiger partial charge in [-0.25, -0.2) is 0 Å². The summed E-state index contributed by atoms with van der Waals surface area (Å²) in [4.78, 5) is 14.7. The quantitative estimate of drug-likeness (QED) is 0.477. The molecule has 0 bridgehead atoms. The van der Waals surface area contributed by atoms with Crippen molar-refractivity contribution in [2.75, 3.05) is 27.4 Å². The van der Waals surface area contributed by atoms with Crippen LogP contribution in [0.25, 0.3) is 6.08 Å². The van der Waals surface area contributed by atoms with Gasteiger partial charge in [0.25, 0.3) is 5.91 Å². The molecule has 1 saturated heterocycles. The van der Waals surface area contributed by atoms with Crippen molar-refractivity contribution in [3.63, 3.8) is 0 Å². The van der Waals surface area contributed by atoms with Crippen molar-refractivity contribution in [3.8, 4) is 11.5 Å². The molecule has 0 unspecified atom stereocenters. The summed E-state index contributed by atoms with van der Waals surface area (Å²) in [7, 11) is 3.19. The third-order valence-corrected chi connectivity index (χ3v) is 5.49. The number of carbonyl (C=O) groups is 1. The second-order valence-electron chi connectivity index (χ2n) is 6.01. The summed E-state index contributed by atoms with van der Waals surface area (Å²) < 4.78 is 16.9. The van der Waals surface area contributed by atoms with Gasteiger partial charge in [-0.15, -0.1) is 0 Å². The maximum absolute atomic E-state index is 12.5. The van der Waals surface area contributed by atoms with Gasteiger partial charge in [0.15, 0.2) is 11.5 Å². The van der Waals surface area contributed by atoms with Crippen molar-refractivity contribution in [2.45, 2.75) is 6.61 Å². The minimum atomic E-state index is -0.101. The molecule has 146 valence electrons. The highest BCUT2D eigenvalue weighted by Gasteiger charge is 2.31. The summed E-state index contributed by atoms with van der Waals surface area (Å²) >= 11 is 6.60. The SMILES string of the molecule is COCCN1C(=O)C(=Cc2ccc(OCc3ccccc3)c(OC)c2)SC1=S. The van der Waals surface area contributed by atoms with E-state index in [1.54, 1.807) is 19.1 Å². The van der Waals surface area contributed by atoms with Crippen LogP contribution in [0, 0.1) is 0 Å². The zero-order valence-electron chi connectivity index (χ0n) is 15.7. The molecule has 28 heavy (non-hydrogen) atoms. The van der Waals surface area contributed by atoms with Crippen LogP contribution < -0.4 is 9.47 Å². The van der Waals surface area contributed by atoms with Gasteiger partial charge in [0.05, 0.1) is 25.2 Å². The molecule has 3 rings (SSSR count). The molecule has 0 radical (unpaired) electrons. The number of rotatable bonds is 8. The third kappa shape index (κ3) is 4.92. The largest absolute Gasteiger partial charge is 0.493 e. The van der Waals surface area contributed by atoms with Crippen molar-refractivity contribution in [2.24, 2.45) is 0 Å². The number of thiocarbonyl (C=S) groups is 1. The molecular weight excluding hydrogens is 394 g/mol. The molecular formula is C21H21NO4S2. The highest BCUT2D eigenvalue weighted by atomic mass is 32.2. The second-order valence-corrected chi connectivity index (χ2v) is 7.69. The lowest BCUT2D eigenvalue weighted by Crippen LogP contribution is -2.31. The van der Waals surface area contributed by atoms with Crippen molar-refractivity contribution >= 4 is 40.3 Å². The minimum absolute atomic E-state index is 0.101. The Morgan fingerprint density at radius 2 is 1.89 bits per heavy atom. The summed E-state index contributed by atoms with van der Waals surface area (Å²) in [5, 5.41) is 0. The Morgan fingerprint density at radius 3 is 2.61 bits per heavy atom. The summed E-state index contributed by atoms with van der Waals surface area (Å²) in [6.07, 6.45) is 1.82. The highest BCUT2D eigenvalue weighted by Crippen LogP contribution is 2.34. The normalized spacial score (nSPS) is 15.4. The summed E-state index contributed by atoms with van der Waals surface area (Å²) in [5.74, 6) is 1.16. The molecule has 1 fully saturated rings. The fourth-order valence-electron chi connectivity index (χ4n) is 2.66. The number of hydrogen-bond donors (Lipinski definition) is 0. The topological polar surface area (TPSA) is 48.0 Å². The van der Waals surface area contributed by atoms with Crippen molar-refractivity contribution in [1.29, 1.82) is 0 Å². The van der Waals surface area contributed by atoms with E-state index in [4.69, 9.17) is 26.4 Å². The first kappa shape index (κ1) is 20.4. The van der Waals surface area contributed by atoms with Crippen molar-refractivity contribution < 1.29 is 19.0 Å². The standard InChI is InChI=1S/C21H21NO4S2/c1-24-11-10-22-20(23)19(28-21(22)27)13-16-8-9-17(18(12-16)25-2)26-14-15-6-4-3-5-7-15/h3-9,12-13H,10-11,14H2,1-2H3. The Hall–Kier alpha value is -2.35. The molecule has 1 aliphatic heterocycles. The summed E-state index contributed by atoms with van der Waals surface area (Å²) in [6, 6.07) is 15.5. The Balaban J connectivity index is 1.74. The van der Waals surface area contributed by atoms with E-state index in [-0.39, 0.29) is 5.91 Å². The Bertz CT molecular complexity index is 883. The second kappa shape index (κ2) is 9.73. The average molecular weight is 416 g/mol. The molecule has 0 spiro atoms. The molecule has 0 atom stereocenters. The zero-order chi connectivity index (χ0) is 19.9. The van der Waals surface area contributed by atoms with Crippen LogP contribution in [-0.2, 0) is 16.1 Å². The molecule has 0 N–H and O–H groups in total. The minimum Gasteiger partial charge on any atom is -0.493 e. The Kier molecular flexibility index (Phi) is 7.08. The third-order valence-electron chi connectivity index (χ3n) is 4.12. The maximum atomic E-state index is 12.5. The van der Waals surface area contributed by atoms with Gasteiger partial charge in [-0.05, 0) is 29.3 Å². The van der Waals surface area contributed by atoms with E-state index in [0.29, 0.717) is 40.5 Å². The van der Waals surface area contributed by atoms with Crippen LogP contribution in [0.1, 0.15) is 11.1 Å². The number of benzene rings is 2. The van der Waals surface area contributed by atoms with E-state index >= 15 is 0 Å². The lowest BCUT2D eigenvalue weighted by Gasteiger charge is -2.13. The Labute approximate surface area is 174 Å². The number of thioether (sulfide) groups is 1. The summed E-state index contributed by atoms with van der Waals surface area (Å²) in [6.45, 7) is 1.35. The van der Waals surface area contributed by atoms with Crippen LogP contribution in [0.3, 0.4) is 0 Å². The average Bonchev–Trinajstić information content (AvgIpc) is 2.98. The number of carbonyl (C=O) groups excluding carboxylic acids is 1. The fraction of sp³-hybridized carbons (Fsp3) is 0.238. The van der Waals surface area contributed by atoms with Gasteiger partial charge < -0.3 is 14.2 Å². The van der Waals surface area contributed by atoms with Gasteiger partial charge in [-0.1, -0.05) is 60.4 Å². The van der Waals surface area contributed by atoms with Crippen LogP contribution in [-0.4, -0.2) is 42.5 Å². The lowest BCUT2D eigenvalue weighted by atomic mass is 10.1. The summed E-state index contributed by atoms with van der Waals surface area (Å²) in [5.41, 5.74) is 1.92. The van der Waals surface area contributed by atoms with Crippen molar-refractivity contribution in [1.82, 2.24) is 4.90 Å². The number of methoxy groups -OCH3 is 2. The monoisotopic (exact) mass is 415 g/mol. The maximum Gasteiger partial charge on any atom is 0.266 e. The first-order chi connectivity index (χ1) is 13.6. The van der Waals surface area contributed by atoms with Crippen LogP contribution in [0.4, 0.5) is 0 Å². The lowest BCUT2D eigenvalue weighted by molar-refractivity contribution is -0.122.